The van der Waals surface area contributed by atoms with Crippen LogP contribution in [-0.2, 0) is 0 Å². The van der Waals surface area contributed by atoms with Gasteiger partial charge in [0.1, 0.15) is 5.82 Å². The van der Waals surface area contributed by atoms with Gasteiger partial charge in [0.05, 0.1) is 11.6 Å². The van der Waals surface area contributed by atoms with E-state index in [2.05, 4.69) is 32.9 Å². The van der Waals surface area contributed by atoms with Crippen molar-refractivity contribution in [1.29, 1.82) is 0 Å². The molecule has 1 amide bonds. The summed E-state index contributed by atoms with van der Waals surface area (Å²) in [6, 6.07) is 8.20. The number of nitrogens with zero attached hydrogens (tertiary/aromatic N) is 4. The molecule has 0 spiro atoms. The van der Waals surface area contributed by atoms with Gasteiger partial charge in [-0.3, -0.25) is 9.69 Å². The number of aromatic amines is 1. The van der Waals surface area contributed by atoms with Crippen molar-refractivity contribution in [3.8, 4) is 0 Å². The van der Waals surface area contributed by atoms with Crippen molar-refractivity contribution in [3.63, 3.8) is 0 Å². The number of H-pyrrole nitrogens is 1. The number of para-hydroxylation sites is 1. The highest BCUT2D eigenvalue weighted by atomic mass is 16.2. The van der Waals surface area contributed by atoms with Crippen LogP contribution in [0.5, 0.6) is 0 Å². The lowest BCUT2D eigenvalue weighted by Gasteiger charge is -2.39. The number of hydrogen-bond donors (Lipinski definition) is 1. The predicted molar refractivity (Wildman–Crippen MR) is 102 cm³/mol. The van der Waals surface area contributed by atoms with Crippen molar-refractivity contribution in [3.05, 3.63) is 48.0 Å². The maximum absolute atomic E-state index is 13.3. The van der Waals surface area contributed by atoms with Gasteiger partial charge in [-0.05, 0) is 38.4 Å². The molecule has 1 N–H and O–H groups in total. The van der Waals surface area contributed by atoms with Crippen LogP contribution in [0.4, 0.5) is 5.69 Å². The lowest BCUT2D eigenvalue weighted by Crippen LogP contribution is -2.49. The fourth-order valence-corrected chi connectivity index (χ4v) is 4.05. The van der Waals surface area contributed by atoms with Crippen LogP contribution in [0.25, 0.3) is 0 Å². The van der Waals surface area contributed by atoms with Crippen LogP contribution in [0.15, 0.2) is 36.7 Å². The number of amides is 1. The Morgan fingerprint density at radius 2 is 1.92 bits per heavy atom. The highest BCUT2D eigenvalue weighted by Gasteiger charge is 2.31. The van der Waals surface area contributed by atoms with E-state index in [9.17, 15) is 4.79 Å². The maximum atomic E-state index is 13.3. The maximum Gasteiger partial charge on any atom is 0.256 e. The molecule has 138 valence electrons. The van der Waals surface area contributed by atoms with Crippen LogP contribution in [0.2, 0.25) is 0 Å². The standard InChI is InChI=1S/C20H27N5O/c1-23-13-14-25(15-18(23)19-21-9-10-22-19)20(26)16-7-3-4-8-17(16)24-11-5-2-6-12-24/h3-4,7-10,18H,2,5-6,11-15H2,1H3,(H,21,22). The van der Waals surface area contributed by atoms with E-state index < -0.39 is 0 Å². The molecule has 0 aliphatic carbocycles. The topological polar surface area (TPSA) is 55.5 Å². The molecule has 1 aromatic carbocycles. The third kappa shape index (κ3) is 3.33. The quantitative estimate of drug-likeness (QED) is 0.921. The van der Waals surface area contributed by atoms with Crippen LogP contribution in [-0.4, -0.2) is 65.4 Å². The van der Waals surface area contributed by atoms with Crippen molar-refractivity contribution < 1.29 is 4.79 Å². The number of carbonyl (C=O) groups excluding carboxylic acids is 1. The molecule has 1 unspecified atom stereocenters. The van der Waals surface area contributed by atoms with Crippen LogP contribution in [0.3, 0.4) is 0 Å². The second-order valence-corrected chi connectivity index (χ2v) is 7.29. The van der Waals surface area contributed by atoms with Gasteiger partial charge in [-0.2, -0.15) is 0 Å². The molecule has 26 heavy (non-hydrogen) atoms. The van der Waals surface area contributed by atoms with Gasteiger partial charge in [0, 0.05) is 50.8 Å². The minimum absolute atomic E-state index is 0.116. The first-order valence-electron chi connectivity index (χ1n) is 9.57. The Hall–Kier alpha value is -2.34. The van der Waals surface area contributed by atoms with Crippen molar-refractivity contribution >= 4 is 11.6 Å². The number of rotatable bonds is 3. The van der Waals surface area contributed by atoms with E-state index in [1.54, 1.807) is 6.20 Å². The summed E-state index contributed by atoms with van der Waals surface area (Å²) >= 11 is 0. The number of aromatic nitrogens is 2. The van der Waals surface area contributed by atoms with Crippen molar-refractivity contribution in [2.45, 2.75) is 25.3 Å². The molecule has 6 nitrogen and oxygen atoms in total. The minimum Gasteiger partial charge on any atom is -0.371 e. The Bertz CT molecular complexity index is 738. The van der Waals surface area contributed by atoms with Gasteiger partial charge in [-0.15, -0.1) is 0 Å². The van der Waals surface area contributed by atoms with Crippen LogP contribution >= 0.6 is 0 Å². The van der Waals surface area contributed by atoms with Crippen LogP contribution < -0.4 is 4.90 Å². The lowest BCUT2D eigenvalue weighted by molar-refractivity contribution is 0.0535. The summed E-state index contributed by atoms with van der Waals surface area (Å²) in [5.74, 6) is 1.06. The molecular formula is C20H27N5O. The summed E-state index contributed by atoms with van der Waals surface area (Å²) in [6.07, 6.45) is 7.32. The predicted octanol–water partition coefficient (Wildman–Crippen LogP) is 2.53. The number of piperazine rings is 1. The molecule has 2 aliphatic rings. The number of anilines is 1. The number of imidazole rings is 1. The molecule has 2 saturated heterocycles. The van der Waals surface area contributed by atoms with Gasteiger partial charge in [-0.25, -0.2) is 4.98 Å². The Kier molecular flexibility index (Phi) is 4.93. The molecule has 0 bridgehead atoms. The largest absolute Gasteiger partial charge is 0.371 e. The minimum atomic E-state index is 0.116. The first kappa shape index (κ1) is 17.1. The molecule has 3 heterocycles. The average molecular weight is 353 g/mol. The Labute approximate surface area is 154 Å². The fraction of sp³-hybridized carbons (Fsp3) is 0.500. The summed E-state index contributed by atoms with van der Waals surface area (Å²) in [5, 5.41) is 0. The molecule has 1 aromatic heterocycles. The van der Waals surface area contributed by atoms with Crippen LogP contribution in [0.1, 0.15) is 41.5 Å². The Morgan fingerprint density at radius 3 is 2.69 bits per heavy atom. The van der Waals surface area contributed by atoms with Gasteiger partial charge in [0.25, 0.3) is 5.91 Å². The average Bonchev–Trinajstić information content (AvgIpc) is 3.23. The Balaban J connectivity index is 1.56. The van der Waals surface area contributed by atoms with E-state index in [0.29, 0.717) is 6.54 Å². The van der Waals surface area contributed by atoms with Gasteiger partial charge >= 0.3 is 0 Å². The molecule has 1 atom stereocenters. The van der Waals surface area contributed by atoms with Gasteiger partial charge in [0.2, 0.25) is 0 Å². The second kappa shape index (κ2) is 7.50. The number of likely N-dealkylation sites (N-methyl/N-ethyl adjacent to an activating group) is 1. The van der Waals surface area contributed by atoms with E-state index >= 15 is 0 Å². The van der Waals surface area contributed by atoms with Gasteiger partial charge in [0.15, 0.2) is 0 Å². The molecule has 0 saturated carbocycles. The third-order valence-electron chi connectivity index (χ3n) is 5.60. The summed E-state index contributed by atoms with van der Waals surface area (Å²) in [7, 11) is 2.09. The fourth-order valence-electron chi connectivity index (χ4n) is 4.05. The van der Waals surface area contributed by atoms with Gasteiger partial charge in [-0.1, -0.05) is 12.1 Å². The van der Waals surface area contributed by atoms with Crippen LogP contribution in [0, 0.1) is 0 Å². The van der Waals surface area contributed by atoms with Crippen molar-refractivity contribution in [1.82, 2.24) is 19.8 Å². The lowest BCUT2D eigenvalue weighted by atomic mass is 10.0. The first-order chi connectivity index (χ1) is 12.7. The van der Waals surface area contributed by atoms with Crippen molar-refractivity contribution in [2.24, 2.45) is 0 Å². The first-order valence-corrected chi connectivity index (χ1v) is 9.57. The number of piperidine rings is 1. The smallest absolute Gasteiger partial charge is 0.256 e. The zero-order valence-corrected chi connectivity index (χ0v) is 15.4. The highest BCUT2D eigenvalue weighted by Crippen LogP contribution is 2.28. The van der Waals surface area contributed by atoms with E-state index in [0.717, 1.165) is 43.3 Å². The summed E-state index contributed by atoms with van der Waals surface area (Å²) < 4.78 is 0. The Morgan fingerprint density at radius 1 is 1.12 bits per heavy atom. The molecular weight excluding hydrogens is 326 g/mol. The zero-order chi connectivity index (χ0) is 17.9. The van der Waals surface area contributed by atoms with E-state index in [1.807, 2.05) is 29.3 Å². The summed E-state index contributed by atoms with van der Waals surface area (Å²) in [4.78, 5) is 27.6. The van der Waals surface area contributed by atoms with E-state index in [1.165, 1.54) is 19.3 Å². The highest BCUT2D eigenvalue weighted by molar-refractivity contribution is 6.00. The normalized spacial score (nSPS) is 21.8. The molecule has 2 aromatic rings. The molecule has 2 aliphatic heterocycles. The van der Waals surface area contributed by atoms with E-state index in [4.69, 9.17) is 0 Å². The number of benzene rings is 1. The third-order valence-corrected chi connectivity index (χ3v) is 5.60. The van der Waals surface area contributed by atoms with Gasteiger partial charge < -0.3 is 14.8 Å². The molecule has 6 heteroatoms. The van der Waals surface area contributed by atoms with Crippen molar-refractivity contribution in [2.75, 3.05) is 44.7 Å². The SMILES string of the molecule is CN1CCN(C(=O)c2ccccc2N2CCCCC2)CC1c1ncc[nH]1. The number of nitrogens with one attached hydrogen (secondary N) is 1. The summed E-state index contributed by atoms with van der Waals surface area (Å²) in [6.45, 7) is 4.35. The zero-order valence-electron chi connectivity index (χ0n) is 15.4. The molecule has 0 radical (unpaired) electrons. The number of hydrogen-bond acceptors (Lipinski definition) is 4. The molecule has 4 rings (SSSR count). The molecule has 2 fully saturated rings. The second-order valence-electron chi connectivity index (χ2n) is 7.29. The monoisotopic (exact) mass is 353 g/mol. The summed E-state index contributed by atoms with van der Waals surface area (Å²) in [5.41, 5.74) is 1.92. The number of carbonyl (C=O) groups is 1. The van der Waals surface area contributed by atoms with E-state index in [-0.39, 0.29) is 11.9 Å².